The zero-order valence-corrected chi connectivity index (χ0v) is 15.2. The third-order valence-electron chi connectivity index (χ3n) is 4.55. The Morgan fingerprint density at radius 3 is 2.05 bits per heavy atom. The number of halogens is 1. The Morgan fingerprint density at radius 2 is 1.59 bits per heavy atom. The van der Waals surface area contributed by atoms with E-state index in [-0.39, 0.29) is 17.0 Å². The maximum absolute atomic E-state index is 12.2. The van der Waals surface area contributed by atoms with Crippen LogP contribution in [0.15, 0.2) is 24.3 Å². The molecule has 0 radical (unpaired) electrons. The summed E-state index contributed by atoms with van der Waals surface area (Å²) in [6, 6.07) is 7.88. The molecular weight excluding hydrogens is 296 g/mol. The van der Waals surface area contributed by atoms with Crippen molar-refractivity contribution >= 4 is 17.5 Å². The fraction of sp³-hybridized carbons (Fsp3) is 0.611. The molecule has 2 N–H and O–H groups in total. The van der Waals surface area contributed by atoms with Crippen LogP contribution in [0, 0.1) is 0 Å². The van der Waals surface area contributed by atoms with Gasteiger partial charge in [0.05, 0.1) is 6.54 Å². The maximum atomic E-state index is 12.2. The first-order chi connectivity index (χ1) is 10.3. The van der Waals surface area contributed by atoms with E-state index in [1.807, 2.05) is 38.1 Å². The molecule has 0 aliphatic carbocycles. The molecule has 1 aromatic rings. The van der Waals surface area contributed by atoms with E-state index < -0.39 is 0 Å². The molecule has 0 bridgehead atoms. The van der Waals surface area contributed by atoms with Gasteiger partial charge in [0.2, 0.25) is 5.91 Å². The van der Waals surface area contributed by atoms with Crippen LogP contribution in [0.1, 0.15) is 59.4 Å². The molecule has 0 spiro atoms. The summed E-state index contributed by atoms with van der Waals surface area (Å²) in [5.74, 6) is 0.0343. The summed E-state index contributed by atoms with van der Waals surface area (Å²) in [5.41, 5.74) is 0.808. The molecule has 1 rings (SSSR count). The third kappa shape index (κ3) is 4.99. The average molecular weight is 325 g/mol. The van der Waals surface area contributed by atoms with Crippen LogP contribution in [-0.2, 0) is 10.3 Å². The molecule has 1 aromatic carbocycles. The van der Waals surface area contributed by atoms with Crippen molar-refractivity contribution in [3.8, 4) is 0 Å². The summed E-state index contributed by atoms with van der Waals surface area (Å²) in [6.45, 7) is 10.7. The highest BCUT2D eigenvalue weighted by atomic mass is 35.5. The molecule has 124 valence electrons. The number of nitrogens with one attached hydrogen (secondary N) is 2. The van der Waals surface area contributed by atoms with Crippen molar-refractivity contribution in [1.82, 2.24) is 10.6 Å². The summed E-state index contributed by atoms with van der Waals surface area (Å²) in [7, 11) is 0. The lowest BCUT2D eigenvalue weighted by atomic mass is 9.84. The second-order valence-electron chi connectivity index (χ2n) is 6.44. The number of rotatable bonds is 8. The minimum Gasteiger partial charge on any atom is -0.350 e. The highest BCUT2D eigenvalue weighted by Crippen LogP contribution is 2.29. The first kappa shape index (κ1) is 19.0. The van der Waals surface area contributed by atoms with E-state index in [1.54, 1.807) is 0 Å². The van der Waals surface area contributed by atoms with Crippen LogP contribution in [0.25, 0.3) is 0 Å². The lowest BCUT2D eigenvalue weighted by molar-refractivity contribution is -0.122. The summed E-state index contributed by atoms with van der Waals surface area (Å²) < 4.78 is 0. The first-order valence-electron chi connectivity index (χ1n) is 8.10. The van der Waals surface area contributed by atoms with Gasteiger partial charge in [0.15, 0.2) is 0 Å². The van der Waals surface area contributed by atoms with Gasteiger partial charge in [-0.05, 0) is 50.8 Å². The number of amides is 1. The van der Waals surface area contributed by atoms with Crippen LogP contribution < -0.4 is 10.6 Å². The minimum atomic E-state index is -0.196. The molecule has 0 fully saturated rings. The largest absolute Gasteiger partial charge is 0.350 e. The normalized spacial score (nSPS) is 12.3. The Balaban J connectivity index is 2.80. The number of hydrogen-bond acceptors (Lipinski definition) is 2. The van der Waals surface area contributed by atoms with E-state index in [9.17, 15) is 4.79 Å². The molecule has 1 amide bonds. The number of carbonyl (C=O) groups excluding carboxylic acids is 1. The quantitative estimate of drug-likeness (QED) is 0.750. The Morgan fingerprint density at radius 1 is 1.05 bits per heavy atom. The van der Waals surface area contributed by atoms with E-state index in [4.69, 9.17) is 11.6 Å². The van der Waals surface area contributed by atoms with Gasteiger partial charge in [0, 0.05) is 16.1 Å². The fourth-order valence-corrected chi connectivity index (χ4v) is 2.66. The van der Waals surface area contributed by atoms with Gasteiger partial charge in [0.25, 0.3) is 0 Å². The second-order valence-corrected chi connectivity index (χ2v) is 6.87. The van der Waals surface area contributed by atoms with Crippen molar-refractivity contribution in [3.05, 3.63) is 34.9 Å². The summed E-state index contributed by atoms with van der Waals surface area (Å²) in [5, 5.41) is 7.25. The van der Waals surface area contributed by atoms with Gasteiger partial charge in [-0.2, -0.15) is 0 Å². The summed E-state index contributed by atoms with van der Waals surface area (Å²) >= 11 is 5.98. The minimum absolute atomic E-state index is 0.0343. The topological polar surface area (TPSA) is 41.1 Å². The Hall–Kier alpha value is -1.06. The Labute approximate surface area is 139 Å². The summed E-state index contributed by atoms with van der Waals surface area (Å²) in [4.78, 5) is 12.2. The van der Waals surface area contributed by atoms with E-state index in [1.165, 1.54) is 5.56 Å². The second kappa shape index (κ2) is 7.98. The van der Waals surface area contributed by atoms with Crippen molar-refractivity contribution in [2.75, 3.05) is 6.54 Å². The Bertz CT molecular complexity index is 478. The highest BCUT2D eigenvalue weighted by Gasteiger charge is 2.29. The van der Waals surface area contributed by atoms with Crippen molar-refractivity contribution < 1.29 is 4.79 Å². The molecule has 0 heterocycles. The molecule has 0 aromatic heterocycles. The van der Waals surface area contributed by atoms with Crippen molar-refractivity contribution in [2.24, 2.45) is 0 Å². The molecule has 22 heavy (non-hydrogen) atoms. The zero-order valence-electron chi connectivity index (χ0n) is 14.4. The molecule has 0 aliphatic heterocycles. The number of carbonyl (C=O) groups is 1. The molecule has 0 atom stereocenters. The Kier molecular flexibility index (Phi) is 6.89. The van der Waals surface area contributed by atoms with Crippen molar-refractivity contribution in [3.63, 3.8) is 0 Å². The molecule has 4 heteroatoms. The van der Waals surface area contributed by atoms with Crippen molar-refractivity contribution in [1.29, 1.82) is 0 Å². The maximum Gasteiger partial charge on any atom is 0.234 e. The molecule has 0 saturated carbocycles. The van der Waals surface area contributed by atoms with Gasteiger partial charge in [-0.25, -0.2) is 0 Å². The monoisotopic (exact) mass is 324 g/mol. The van der Waals surface area contributed by atoms with Gasteiger partial charge in [0.1, 0.15) is 0 Å². The zero-order chi connectivity index (χ0) is 16.8. The highest BCUT2D eigenvalue weighted by molar-refractivity contribution is 6.30. The van der Waals surface area contributed by atoms with Crippen LogP contribution in [0.2, 0.25) is 5.02 Å². The van der Waals surface area contributed by atoms with Gasteiger partial charge in [-0.1, -0.05) is 44.5 Å². The molecule has 0 unspecified atom stereocenters. The molecule has 0 aliphatic rings. The third-order valence-corrected chi connectivity index (χ3v) is 4.80. The van der Waals surface area contributed by atoms with Gasteiger partial charge in [-0.3, -0.25) is 10.1 Å². The van der Waals surface area contributed by atoms with Crippen LogP contribution in [-0.4, -0.2) is 18.0 Å². The predicted octanol–water partition coefficient (Wildman–Crippen LogP) is 4.25. The smallest absolute Gasteiger partial charge is 0.234 e. The van der Waals surface area contributed by atoms with Gasteiger partial charge >= 0.3 is 0 Å². The standard InChI is InChI=1S/C18H29ClN2O/c1-6-17(4,5)21-16(22)13-20-18(7-2,8-3)14-9-11-15(19)12-10-14/h9-12,20H,6-8,13H2,1-5H3,(H,21,22). The van der Waals surface area contributed by atoms with E-state index in [0.717, 1.165) is 24.3 Å². The SMILES string of the molecule is CCC(C)(C)NC(=O)CNC(CC)(CC)c1ccc(Cl)cc1. The van der Waals surface area contributed by atoms with E-state index in [0.29, 0.717) is 6.54 Å². The molecular formula is C18H29ClN2O. The van der Waals surface area contributed by atoms with E-state index in [2.05, 4.69) is 31.4 Å². The van der Waals surface area contributed by atoms with Crippen LogP contribution >= 0.6 is 11.6 Å². The fourth-order valence-electron chi connectivity index (χ4n) is 2.54. The van der Waals surface area contributed by atoms with E-state index >= 15 is 0 Å². The van der Waals surface area contributed by atoms with Crippen LogP contribution in [0.4, 0.5) is 0 Å². The van der Waals surface area contributed by atoms with Crippen LogP contribution in [0.5, 0.6) is 0 Å². The first-order valence-corrected chi connectivity index (χ1v) is 8.48. The predicted molar refractivity (Wildman–Crippen MR) is 94.2 cm³/mol. The number of benzene rings is 1. The van der Waals surface area contributed by atoms with Gasteiger partial charge in [-0.15, -0.1) is 0 Å². The van der Waals surface area contributed by atoms with Crippen molar-refractivity contribution in [2.45, 2.75) is 65.0 Å². The average Bonchev–Trinajstić information content (AvgIpc) is 2.50. The lowest BCUT2D eigenvalue weighted by Crippen LogP contribution is -2.51. The van der Waals surface area contributed by atoms with Gasteiger partial charge < -0.3 is 5.32 Å². The lowest BCUT2D eigenvalue weighted by Gasteiger charge is -2.34. The molecule has 0 saturated heterocycles. The molecule has 3 nitrogen and oxygen atoms in total. The number of hydrogen-bond donors (Lipinski definition) is 2. The summed E-state index contributed by atoms with van der Waals surface area (Å²) in [6.07, 6.45) is 2.73. The van der Waals surface area contributed by atoms with Crippen LogP contribution in [0.3, 0.4) is 0 Å².